The van der Waals surface area contributed by atoms with E-state index in [2.05, 4.69) is 4.98 Å². The monoisotopic (exact) mass is 271 g/mol. The molecule has 0 aliphatic rings. The van der Waals surface area contributed by atoms with Crippen LogP contribution in [0.5, 0.6) is 0 Å². The molecule has 1 aromatic heterocycles. The Balaban J connectivity index is 2.43. The minimum atomic E-state index is -4.50. The Kier molecular flexibility index (Phi) is 3.53. The van der Waals surface area contributed by atoms with Crippen LogP contribution in [-0.4, -0.2) is 10.1 Å². The maximum Gasteiger partial charge on any atom is 0.433 e. The molecule has 0 spiro atoms. The number of rotatable bonds is 2. The molecule has 1 heterocycles. The van der Waals surface area contributed by atoms with Gasteiger partial charge < -0.3 is 5.11 Å². The topological polar surface area (TPSA) is 33.1 Å². The molecule has 1 aromatic carbocycles. The maximum atomic E-state index is 13.0. The normalized spacial score (nSPS) is 11.6. The van der Waals surface area contributed by atoms with Crippen LogP contribution in [0.25, 0.3) is 11.1 Å². The molecule has 0 aliphatic heterocycles. The summed E-state index contributed by atoms with van der Waals surface area (Å²) in [6.45, 7) is -0.409. The first-order valence-electron chi connectivity index (χ1n) is 5.34. The summed E-state index contributed by atoms with van der Waals surface area (Å²) in [6.07, 6.45) is -3.45. The lowest BCUT2D eigenvalue weighted by Gasteiger charge is -2.09. The highest BCUT2D eigenvalue weighted by molar-refractivity contribution is 5.66. The van der Waals surface area contributed by atoms with Gasteiger partial charge in [0.15, 0.2) is 0 Å². The number of aliphatic hydroxyl groups excluding tert-OH is 1. The molecule has 0 saturated heterocycles. The minimum absolute atomic E-state index is 0.293. The third kappa shape index (κ3) is 2.90. The van der Waals surface area contributed by atoms with Gasteiger partial charge in [-0.15, -0.1) is 0 Å². The summed E-state index contributed by atoms with van der Waals surface area (Å²) in [7, 11) is 0. The summed E-state index contributed by atoms with van der Waals surface area (Å²) in [5.41, 5.74) is 0.132. The zero-order chi connectivity index (χ0) is 14.0. The van der Waals surface area contributed by atoms with Gasteiger partial charge in [0.2, 0.25) is 0 Å². The van der Waals surface area contributed by atoms with E-state index in [0.717, 1.165) is 18.3 Å². The fraction of sp³-hybridized carbons (Fsp3) is 0.154. The standard InChI is InChI=1S/C13H9F4NO/c14-10-2-3-11(9(5-10)7-19)8-1-4-12(18-6-8)13(15,16)17/h1-6,19H,7H2. The van der Waals surface area contributed by atoms with Gasteiger partial charge in [0, 0.05) is 11.8 Å². The Morgan fingerprint density at radius 1 is 1.11 bits per heavy atom. The Morgan fingerprint density at radius 3 is 2.37 bits per heavy atom. The zero-order valence-electron chi connectivity index (χ0n) is 9.58. The second-order valence-electron chi connectivity index (χ2n) is 3.89. The minimum Gasteiger partial charge on any atom is -0.392 e. The number of pyridine rings is 1. The molecule has 2 rings (SSSR count). The van der Waals surface area contributed by atoms with Gasteiger partial charge in [-0.3, -0.25) is 4.98 Å². The first-order chi connectivity index (χ1) is 8.91. The molecule has 0 saturated carbocycles. The van der Waals surface area contributed by atoms with Crippen molar-refractivity contribution in [1.82, 2.24) is 4.98 Å². The molecule has 1 N–H and O–H groups in total. The lowest BCUT2D eigenvalue weighted by Crippen LogP contribution is -2.07. The Labute approximate surface area is 106 Å². The van der Waals surface area contributed by atoms with Crippen molar-refractivity contribution in [2.24, 2.45) is 0 Å². The average molecular weight is 271 g/mol. The molecule has 100 valence electrons. The van der Waals surface area contributed by atoms with E-state index in [0.29, 0.717) is 16.7 Å². The van der Waals surface area contributed by atoms with Crippen LogP contribution in [0.1, 0.15) is 11.3 Å². The number of aromatic nitrogens is 1. The Morgan fingerprint density at radius 2 is 1.84 bits per heavy atom. The van der Waals surface area contributed by atoms with Crippen LogP contribution in [0.3, 0.4) is 0 Å². The van der Waals surface area contributed by atoms with Crippen molar-refractivity contribution >= 4 is 0 Å². The molecule has 0 unspecified atom stereocenters. The van der Waals surface area contributed by atoms with Crippen LogP contribution in [0.15, 0.2) is 36.5 Å². The van der Waals surface area contributed by atoms with Crippen molar-refractivity contribution in [3.05, 3.63) is 53.6 Å². The van der Waals surface area contributed by atoms with E-state index in [4.69, 9.17) is 5.11 Å². The molecule has 0 radical (unpaired) electrons. The molecule has 0 bridgehead atoms. The van der Waals surface area contributed by atoms with Gasteiger partial charge in [-0.25, -0.2) is 4.39 Å². The molecule has 0 atom stereocenters. The molecule has 2 nitrogen and oxygen atoms in total. The van der Waals surface area contributed by atoms with Crippen LogP contribution in [0, 0.1) is 5.82 Å². The summed E-state index contributed by atoms with van der Waals surface area (Å²) in [4.78, 5) is 3.32. The SMILES string of the molecule is OCc1cc(F)ccc1-c1ccc(C(F)(F)F)nc1. The van der Waals surface area contributed by atoms with Crippen molar-refractivity contribution in [2.75, 3.05) is 0 Å². The predicted molar refractivity (Wildman–Crippen MR) is 60.6 cm³/mol. The largest absolute Gasteiger partial charge is 0.433 e. The van der Waals surface area contributed by atoms with Crippen molar-refractivity contribution in [1.29, 1.82) is 0 Å². The average Bonchev–Trinajstić information content (AvgIpc) is 2.37. The highest BCUT2D eigenvalue weighted by Crippen LogP contribution is 2.30. The van der Waals surface area contributed by atoms with Crippen LogP contribution >= 0.6 is 0 Å². The number of halogens is 4. The van der Waals surface area contributed by atoms with Crippen molar-refractivity contribution in [3.8, 4) is 11.1 Å². The molecule has 2 aromatic rings. The number of aliphatic hydroxyl groups is 1. The molecule has 0 aliphatic carbocycles. The van der Waals surface area contributed by atoms with E-state index < -0.39 is 24.3 Å². The fourth-order valence-corrected chi connectivity index (χ4v) is 1.70. The Bertz CT molecular complexity index is 578. The van der Waals surface area contributed by atoms with Crippen LogP contribution in [0.2, 0.25) is 0 Å². The molecule has 0 fully saturated rings. The van der Waals surface area contributed by atoms with E-state index in [1.807, 2.05) is 0 Å². The lowest BCUT2D eigenvalue weighted by molar-refractivity contribution is -0.141. The number of nitrogens with zero attached hydrogens (tertiary/aromatic N) is 1. The predicted octanol–water partition coefficient (Wildman–Crippen LogP) is 3.40. The molecular weight excluding hydrogens is 262 g/mol. The number of benzene rings is 1. The molecule has 6 heteroatoms. The van der Waals surface area contributed by atoms with Crippen LogP contribution in [-0.2, 0) is 12.8 Å². The van der Waals surface area contributed by atoms with Crippen molar-refractivity contribution in [2.45, 2.75) is 12.8 Å². The second kappa shape index (κ2) is 4.97. The van der Waals surface area contributed by atoms with Gasteiger partial charge in [0.1, 0.15) is 11.5 Å². The van der Waals surface area contributed by atoms with E-state index in [-0.39, 0.29) is 0 Å². The smallest absolute Gasteiger partial charge is 0.392 e. The summed E-state index contributed by atoms with van der Waals surface area (Å²) >= 11 is 0. The summed E-state index contributed by atoms with van der Waals surface area (Å²) < 4.78 is 50.1. The zero-order valence-corrected chi connectivity index (χ0v) is 9.58. The van der Waals surface area contributed by atoms with Gasteiger partial charge in [-0.1, -0.05) is 12.1 Å². The second-order valence-corrected chi connectivity index (χ2v) is 3.89. The number of hydrogen-bond acceptors (Lipinski definition) is 2. The molecule has 0 amide bonds. The number of hydrogen-bond donors (Lipinski definition) is 1. The summed E-state index contributed by atoms with van der Waals surface area (Å²) in [6, 6.07) is 5.78. The van der Waals surface area contributed by atoms with E-state index in [1.54, 1.807) is 0 Å². The van der Waals surface area contributed by atoms with E-state index in [9.17, 15) is 17.6 Å². The summed E-state index contributed by atoms with van der Waals surface area (Å²) in [5, 5.41) is 9.12. The van der Waals surface area contributed by atoms with Crippen LogP contribution in [0.4, 0.5) is 17.6 Å². The molecule has 19 heavy (non-hydrogen) atoms. The van der Waals surface area contributed by atoms with Crippen LogP contribution < -0.4 is 0 Å². The quantitative estimate of drug-likeness (QED) is 0.849. The first kappa shape index (κ1) is 13.5. The third-order valence-electron chi connectivity index (χ3n) is 2.60. The maximum absolute atomic E-state index is 13.0. The lowest BCUT2D eigenvalue weighted by atomic mass is 10.0. The first-order valence-corrected chi connectivity index (χ1v) is 5.34. The highest BCUT2D eigenvalue weighted by Gasteiger charge is 2.32. The van der Waals surface area contributed by atoms with E-state index >= 15 is 0 Å². The van der Waals surface area contributed by atoms with E-state index in [1.165, 1.54) is 18.2 Å². The number of alkyl halides is 3. The van der Waals surface area contributed by atoms with Crippen molar-refractivity contribution < 1.29 is 22.7 Å². The van der Waals surface area contributed by atoms with Gasteiger partial charge >= 0.3 is 6.18 Å². The van der Waals surface area contributed by atoms with Gasteiger partial charge in [-0.2, -0.15) is 13.2 Å². The fourth-order valence-electron chi connectivity index (χ4n) is 1.70. The highest BCUT2D eigenvalue weighted by atomic mass is 19.4. The van der Waals surface area contributed by atoms with Gasteiger partial charge in [0.25, 0.3) is 0 Å². The summed E-state index contributed by atoms with van der Waals surface area (Å²) in [5.74, 6) is -0.521. The van der Waals surface area contributed by atoms with Gasteiger partial charge in [0.05, 0.1) is 6.61 Å². The Hall–Kier alpha value is -1.95. The van der Waals surface area contributed by atoms with Crippen molar-refractivity contribution in [3.63, 3.8) is 0 Å². The van der Waals surface area contributed by atoms with Gasteiger partial charge in [-0.05, 0) is 29.3 Å². The molecular formula is C13H9F4NO. The third-order valence-corrected chi connectivity index (χ3v) is 2.60.